The zero-order chi connectivity index (χ0) is 21.7. The summed E-state index contributed by atoms with van der Waals surface area (Å²) in [4.78, 5) is 36.2. The normalized spacial score (nSPS) is 12.3. The standard InChI is InChI=1S/C22H27NO6/c1-3-15-29-21(27)22(20(25)26,13-6-5-7-19(24)28-4-2)14-12-17-8-10-18(16-23)11-9-17/h3,8-11H,1,4-7,12-15H2,2H3,(H,25,26). The van der Waals surface area contributed by atoms with E-state index in [0.29, 0.717) is 24.8 Å². The number of ether oxygens (including phenoxy) is 2. The van der Waals surface area contributed by atoms with Gasteiger partial charge in [-0.2, -0.15) is 5.26 Å². The molecule has 0 bridgehead atoms. The summed E-state index contributed by atoms with van der Waals surface area (Å²) >= 11 is 0. The van der Waals surface area contributed by atoms with Gasteiger partial charge >= 0.3 is 17.9 Å². The second kappa shape index (κ2) is 12.3. The Balaban J connectivity index is 2.90. The van der Waals surface area contributed by atoms with E-state index >= 15 is 0 Å². The van der Waals surface area contributed by atoms with Crippen LogP contribution in [0.4, 0.5) is 0 Å². The molecular formula is C22H27NO6. The Kier molecular flexibility index (Phi) is 10.2. The van der Waals surface area contributed by atoms with E-state index in [1.807, 2.05) is 6.07 Å². The van der Waals surface area contributed by atoms with Crippen molar-refractivity contribution in [2.75, 3.05) is 13.2 Å². The SMILES string of the molecule is C=CCOC(=O)C(CCCCC(=O)OCC)(CCc1ccc(C#N)cc1)C(=O)O. The zero-order valence-electron chi connectivity index (χ0n) is 16.7. The van der Waals surface area contributed by atoms with E-state index in [4.69, 9.17) is 14.7 Å². The summed E-state index contributed by atoms with van der Waals surface area (Å²) in [5.41, 5.74) is -0.397. The van der Waals surface area contributed by atoms with Crippen molar-refractivity contribution in [1.29, 1.82) is 5.26 Å². The fourth-order valence-corrected chi connectivity index (χ4v) is 2.94. The summed E-state index contributed by atoms with van der Waals surface area (Å²) in [7, 11) is 0. The van der Waals surface area contributed by atoms with Crippen LogP contribution in [0.3, 0.4) is 0 Å². The van der Waals surface area contributed by atoms with Gasteiger partial charge in [0, 0.05) is 6.42 Å². The lowest BCUT2D eigenvalue weighted by Crippen LogP contribution is -2.41. The van der Waals surface area contributed by atoms with Crippen molar-refractivity contribution >= 4 is 17.9 Å². The number of rotatable bonds is 13. The maximum absolute atomic E-state index is 12.6. The number of carbonyl (C=O) groups is 3. The van der Waals surface area contributed by atoms with Gasteiger partial charge in [0.1, 0.15) is 6.61 Å². The number of esters is 2. The van der Waals surface area contributed by atoms with Crippen molar-refractivity contribution in [2.24, 2.45) is 5.41 Å². The van der Waals surface area contributed by atoms with E-state index < -0.39 is 17.4 Å². The van der Waals surface area contributed by atoms with Crippen molar-refractivity contribution in [3.05, 3.63) is 48.0 Å². The highest BCUT2D eigenvalue weighted by Gasteiger charge is 2.46. The van der Waals surface area contributed by atoms with E-state index in [1.165, 1.54) is 6.08 Å². The first-order valence-electron chi connectivity index (χ1n) is 9.55. The largest absolute Gasteiger partial charge is 0.480 e. The number of benzene rings is 1. The van der Waals surface area contributed by atoms with Gasteiger partial charge in [0.15, 0.2) is 5.41 Å². The third kappa shape index (κ3) is 7.41. The van der Waals surface area contributed by atoms with Crippen LogP contribution < -0.4 is 0 Å². The van der Waals surface area contributed by atoms with Crippen LogP contribution in [0.2, 0.25) is 0 Å². The topological polar surface area (TPSA) is 114 Å². The number of hydrogen-bond donors (Lipinski definition) is 1. The molecule has 1 N–H and O–H groups in total. The number of carbonyl (C=O) groups excluding carboxylic acids is 2. The number of carboxylic acid groups (broad SMARTS) is 1. The van der Waals surface area contributed by atoms with E-state index in [-0.39, 0.29) is 38.4 Å². The highest BCUT2D eigenvalue weighted by atomic mass is 16.5. The van der Waals surface area contributed by atoms with E-state index in [0.717, 1.165) is 5.56 Å². The van der Waals surface area contributed by atoms with Gasteiger partial charge in [-0.15, -0.1) is 0 Å². The van der Waals surface area contributed by atoms with E-state index in [2.05, 4.69) is 6.58 Å². The molecule has 0 aliphatic heterocycles. The summed E-state index contributed by atoms with van der Waals surface area (Å²) in [5.74, 6) is -2.41. The maximum Gasteiger partial charge on any atom is 0.323 e. The second-order valence-electron chi connectivity index (χ2n) is 6.60. The fraction of sp³-hybridized carbons (Fsp3) is 0.455. The minimum atomic E-state index is -1.72. The molecule has 0 fully saturated rings. The van der Waals surface area contributed by atoms with Gasteiger partial charge in [0.05, 0.1) is 18.2 Å². The zero-order valence-corrected chi connectivity index (χ0v) is 16.7. The minimum Gasteiger partial charge on any atom is -0.480 e. The van der Waals surface area contributed by atoms with Gasteiger partial charge < -0.3 is 14.6 Å². The van der Waals surface area contributed by atoms with Gasteiger partial charge in [-0.3, -0.25) is 14.4 Å². The van der Waals surface area contributed by atoms with Crippen LogP contribution >= 0.6 is 0 Å². The van der Waals surface area contributed by atoms with Crippen LogP contribution in [0.15, 0.2) is 36.9 Å². The first-order chi connectivity index (χ1) is 13.9. The molecular weight excluding hydrogens is 374 g/mol. The summed E-state index contributed by atoms with van der Waals surface area (Å²) in [6, 6.07) is 8.79. The lowest BCUT2D eigenvalue weighted by Gasteiger charge is -2.27. The van der Waals surface area contributed by atoms with Gasteiger partial charge in [-0.25, -0.2) is 0 Å². The number of unbranched alkanes of at least 4 members (excludes halogenated alkanes) is 1. The summed E-state index contributed by atoms with van der Waals surface area (Å²) < 4.78 is 9.95. The molecule has 1 atom stereocenters. The Morgan fingerprint density at radius 3 is 2.41 bits per heavy atom. The predicted molar refractivity (Wildman–Crippen MR) is 106 cm³/mol. The van der Waals surface area contributed by atoms with Gasteiger partial charge in [-0.05, 0) is 50.3 Å². The number of hydrogen-bond acceptors (Lipinski definition) is 6. The average molecular weight is 401 g/mol. The van der Waals surface area contributed by atoms with E-state index in [1.54, 1.807) is 31.2 Å². The van der Waals surface area contributed by atoms with Crippen LogP contribution in [-0.4, -0.2) is 36.2 Å². The number of aliphatic carboxylic acids is 1. The number of nitrogens with zero attached hydrogens (tertiary/aromatic N) is 1. The Morgan fingerprint density at radius 1 is 1.17 bits per heavy atom. The van der Waals surface area contributed by atoms with Crippen LogP contribution in [0.5, 0.6) is 0 Å². The van der Waals surface area contributed by atoms with Crippen LogP contribution in [-0.2, 0) is 30.3 Å². The molecule has 1 unspecified atom stereocenters. The molecule has 0 saturated carbocycles. The van der Waals surface area contributed by atoms with Crippen molar-refractivity contribution < 1.29 is 29.0 Å². The van der Waals surface area contributed by atoms with Crippen molar-refractivity contribution in [3.8, 4) is 6.07 Å². The molecule has 0 radical (unpaired) electrons. The average Bonchev–Trinajstić information content (AvgIpc) is 2.72. The highest BCUT2D eigenvalue weighted by molar-refractivity contribution is 5.99. The summed E-state index contributed by atoms with van der Waals surface area (Å²) in [6.45, 7) is 5.41. The molecule has 0 aromatic heterocycles. The third-order valence-electron chi connectivity index (χ3n) is 4.60. The Morgan fingerprint density at radius 2 is 1.86 bits per heavy atom. The second-order valence-corrected chi connectivity index (χ2v) is 6.60. The molecule has 0 spiro atoms. The number of carboxylic acids is 1. The van der Waals surface area contributed by atoms with Crippen molar-refractivity contribution in [3.63, 3.8) is 0 Å². The van der Waals surface area contributed by atoms with Crippen molar-refractivity contribution in [2.45, 2.75) is 45.4 Å². The lowest BCUT2D eigenvalue weighted by molar-refractivity contribution is -0.169. The monoisotopic (exact) mass is 401 g/mol. The Hall–Kier alpha value is -3.14. The number of aryl methyl sites for hydroxylation is 1. The third-order valence-corrected chi connectivity index (χ3v) is 4.60. The molecule has 7 nitrogen and oxygen atoms in total. The molecule has 29 heavy (non-hydrogen) atoms. The van der Waals surface area contributed by atoms with Crippen LogP contribution in [0.1, 0.15) is 50.2 Å². The fourth-order valence-electron chi connectivity index (χ4n) is 2.94. The lowest BCUT2D eigenvalue weighted by atomic mass is 9.77. The predicted octanol–water partition coefficient (Wildman–Crippen LogP) is 3.41. The molecule has 0 saturated heterocycles. The first kappa shape index (κ1) is 23.9. The van der Waals surface area contributed by atoms with Gasteiger partial charge in [-0.1, -0.05) is 31.2 Å². The molecule has 1 aromatic rings. The van der Waals surface area contributed by atoms with Crippen molar-refractivity contribution in [1.82, 2.24) is 0 Å². The Bertz CT molecular complexity index is 750. The molecule has 1 aromatic carbocycles. The maximum atomic E-state index is 12.6. The molecule has 0 amide bonds. The van der Waals surface area contributed by atoms with Crippen LogP contribution in [0, 0.1) is 16.7 Å². The highest BCUT2D eigenvalue weighted by Crippen LogP contribution is 2.33. The molecule has 0 aliphatic rings. The van der Waals surface area contributed by atoms with E-state index in [9.17, 15) is 19.5 Å². The molecule has 7 heteroatoms. The first-order valence-corrected chi connectivity index (χ1v) is 9.55. The molecule has 1 rings (SSSR count). The Labute approximate surface area is 170 Å². The summed E-state index contributed by atoms with van der Waals surface area (Å²) in [5, 5.41) is 18.8. The number of nitriles is 1. The minimum absolute atomic E-state index is 0.0453. The van der Waals surface area contributed by atoms with Gasteiger partial charge in [0.25, 0.3) is 0 Å². The smallest absolute Gasteiger partial charge is 0.323 e. The van der Waals surface area contributed by atoms with Gasteiger partial charge in [0.2, 0.25) is 0 Å². The van der Waals surface area contributed by atoms with Crippen LogP contribution in [0.25, 0.3) is 0 Å². The summed E-state index contributed by atoms with van der Waals surface area (Å²) in [6.07, 6.45) is 2.75. The molecule has 156 valence electrons. The quantitative estimate of drug-likeness (QED) is 0.233. The molecule has 0 aliphatic carbocycles. The molecule has 0 heterocycles.